The summed E-state index contributed by atoms with van der Waals surface area (Å²) in [7, 11) is 3.19. The molecule has 198 valence electrons. The molecule has 1 heterocycles. The number of carbonyl (C=O) groups excluding carboxylic acids is 2. The third-order valence-electron chi connectivity index (χ3n) is 7.86. The number of hydrogen-bond acceptors (Lipinski definition) is 5. The largest absolute Gasteiger partial charge is 0.493 e. The second-order valence-corrected chi connectivity index (χ2v) is 9.93. The molecule has 1 saturated carbocycles. The summed E-state index contributed by atoms with van der Waals surface area (Å²) >= 11 is 0. The van der Waals surface area contributed by atoms with E-state index in [0.717, 1.165) is 29.5 Å². The molecule has 1 amide bonds. The summed E-state index contributed by atoms with van der Waals surface area (Å²) < 4.78 is 30.8. The maximum absolute atomic E-state index is 14.0. The maximum atomic E-state index is 14.0. The van der Waals surface area contributed by atoms with E-state index in [-0.39, 0.29) is 24.4 Å². The molecule has 0 aromatic heterocycles. The molecule has 7 heteroatoms. The van der Waals surface area contributed by atoms with Gasteiger partial charge in [-0.25, -0.2) is 4.39 Å². The number of benzene rings is 3. The standard InChI is InChI=1S/C31H32FNO5/c1-36-26-17-22-13-16-33(29(21-9-4-3-5-10-21)25(22)19-27(26)37-2)28(34)20-38-30(35)31(14-6-7-15-31)23-11-8-12-24(32)18-23/h3-5,8-12,17-19,29H,6-7,13-16,20H2,1-2H3/t29-/m1/s1. The van der Waals surface area contributed by atoms with Crippen LogP contribution in [0.5, 0.6) is 11.5 Å². The number of ether oxygens (including phenoxy) is 3. The summed E-state index contributed by atoms with van der Waals surface area (Å²) in [5, 5.41) is 0. The van der Waals surface area contributed by atoms with Gasteiger partial charge in [-0.1, -0.05) is 55.3 Å². The molecule has 3 aromatic carbocycles. The molecule has 0 spiro atoms. The van der Waals surface area contributed by atoms with Gasteiger partial charge in [0.1, 0.15) is 5.82 Å². The molecular weight excluding hydrogens is 485 g/mol. The zero-order valence-electron chi connectivity index (χ0n) is 21.7. The highest BCUT2D eigenvalue weighted by molar-refractivity contribution is 5.87. The van der Waals surface area contributed by atoms with Crippen LogP contribution in [-0.2, 0) is 26.2 Å². The van der Waals surface area contributed by atoms with E-state index in [1.807, 2.05) is 42.5 Å². The first-order valence-corrected chi connectivity index (χ1v) is 13.0. The highest BCUT2D eigenvalue weighted by Gasteiger charge is 2.45. The van der Waals surface area contributed by atoms with E-state index in [9.17, 15) is 14.0 Å². The monoisotopic (exact) mass is 517 g/mol. The average Bonchev–Trinajstić information content (AvgIpc) is 3.46. The van der Waals surface area contributed by atoms with Gasteiger partial charge in [-0.3, -0.25) is 9.59 Å². The van der Waals surface area contributed by atoms with Crippen molar-refractivity contribution in [2.45, 2.75) is 43.6 Å². The maximum Gasteiger partial charge on any atom is 0.317 e. The van der Waals surface area contributed by atoms with Crippen molar-refractivity contribution in [3.05, 3.63) is 94.8 Å². The lowest BCUT2D eigenvalue weighted by atomic mass is 9.79. The van der Waals surface area contributed by atoms with Crippen LogP contribution in [0.3, 0.4) is 0 Å². The Bertz CT molecular complexity index is 1320. The van der Waals surface area contributed by atoms with E-state index in [2.05, 4.69) is 0 Å². The first kappa shape index (κ1) is 25.8. The van der Waals surface area contributed by atoms with E-state index >= 15 is 0 Å². The lowest BCUT2D eigenvalue weighted by Crippen LogP contribution is -2.44. The first-order chi connectivity index (χ1) is 18.5. The number of hydrogen-bond donors (Lipinski definition) is 0. The minimum absolute atomic E-state index is 0.278. The number of rotatable bonds is 7. The number of carbonyl (C=O) groups is 2. The Labute approximate surface area is 222 Å². The fourth-order valence-electron chi connectivity index (χ4n) is 5.93. The van der Waals surface area contributed by atoms with Gasteiger partial charge in [0.15, 0.2) is 18.1 Å². The zero-order valence-corrected chi connectivity index (χ0v) is 21.7. The van der Waals surface area contributed by atoms with E-state index in [1.165, 1.54) is 12.1 Å². The molecule has 5 rings (SSSR count). The van der Waals surface area contributed by atoms with Gasteiger partial charge >= 0.3 is 5.97 Å². The van der Waals surface area contributed by atoms with Crippen molar-refractivity contribution < 1.29 is 28.2 Å². The van der Waals surface area contributed by atoms with Crippen molar-refractivity contribution in [1.29, 1.82) is 0 Å². The summed E-state index contributed by atoms with van der Waals surface area (Å²) in [5.74, 6) is 0.105. The highest BCUT2D eigenvalue weighted by atomic mass is 19.1. The highest BCUT2D eigenvalue weighted by Crippen LogP contribution is 2.43. The first-order valence-electron chi connectivity index (χ1n) is 13.0. The molecule has 0 unspecified atom stereocenters. The molecule has 0 radical (unpaired) electrons. The smallest absolute Gasteiger partial charge is 0.317 e. The van der Waals surface area contributed by atoms with Crippen molar-refractivity contribution in [2.75, 3.05) is 27.4 Å². The third kappa shape index (κ3) is 4.73. The van der Waals surface area contributed by atoms with Gasteiger partial charge in [-0.05, 0) is 65.8 Å². The third-order valence-corrected chi connectivity index (χ3v) is 7.86. The quantitative estimate of drug-likeness (QED) is 0.394. The number of esters is 1. The predicted octanol–water partition coefficient (Wildman–Crippen LogP) is 5.37. The van der Waals surface area contributed by atoms with Crippen LogP contribution < -0.4 is 9.47 Å². The molecular formula is C31H32FNO5. The van der Waals surface area contributed by atoms with Gasteiger partial charge in [0, 0.05) is 6.54 Å². The Morgan fingerprint density at radius 1 is 0.947 bits per heavy atom. The second kappa shape index (κ2) is 10.9. The minimum Gasteiger partial charge on any atom is -0.493 e. The second-order valence-electron chi connectivity index (χ2n) is 9.93. The Morgan fingerprint density at radius 3 is 2.34 bits per heavy atom. The molecule has 1 aliphatic heterocycles. The molecule has 2 aliphatic rings. The van der Waals surface area contributed by atoms with Crippen LogP contribution in [0.2, 0.25) is 0 Å². The van der Waals surface area contributed by atoms with Crippen molar-refractivity contribution in [3.63, 3.8) is 0 Å². The summed E-state index contributed by atoms with van der Waals surface area (Å²) in [6.45, 7) is 0.0926. The van der Waals surface area contributed by atoms with Crippen molar-refractivity contribution >= 4 is 11.9 Å². The van der Waals surface area contributed by atoms with Gasteiger partial charge < -0.3 is 19.1 Å². The van der Waals surface area contributed by atoms with Gasteiger partial charge in [-0.2, -0.15) is 0 Å². The van der Waals surface area contributed by atoms with E-state index in [0.29, 0.717) is 42.9 Å². The fourth-order valence-corrected chi connectivity index (χ4v) is 5.93. The van der Waals surface area contributed by atoms with Gasteiger partial charge in [0.05, 0.1) is 25.7 Å². The number of nitrogens with zero attached hydrogens (tertiary/aromatic N) is 1. The molecule has 38 heavy (non-hydrogen) atoms. The predicted molar refractivity (Wildman–Crippen MR) is 141 cm³/mol. The topological polar surface area (TPSA) is 65.1 Å². The van der Waals surface area contributed by atoms with E-state index in [4.69, 9.17) is 14.2 Å². The van der Waals surface area contributed by atoms with Crippen LogP contribution >= 0.6 is 0 Å². The normalized spacial score (nSPS) is 18.0. The van der Waals surface area contributed by atoms with Crippen LogP contribution in [0, 0.1) is 5.82 Å². The summed E-state index contributed by atoms with van der Waals surface area (Å²) in [6.07, 6.45) is 3.49. The summed E-state index contributed by atoms with van der Waals surface area (Å²) in [5.41, 5.74) is 2.68. The lowest BCUT2D eigenvalue weighted by Gasteiger charge is -2.38. The van der Waals surface area contributed by atoms with Crippen LogP contribution in [0.25, 0.3) is 0 Å². The van der Waals surface area contributed by atoms with E-state index in [1.54, 1.807) is 31.3 Å². The Balaban J connectivity index is 1.41. The number of amides is 1. The minimum atomic E-state index is -0.917. The molecule has 6 nitrogen and oxygen atoms in total. The molecule has 3 aromatic rings. The molecule has 0 N–H and O–H groups in total. The van der Waals surface area contributed by atoms with Crippen LogP contribution in [-0.4, -0.2) is 44.1 Å². The van der Waals surface area contributed by atoms with Crippen molar-refractivity contribution in [1.82, 2.24) is 4.90 Å². The summed E-state index contributed by atoms with van der Waals surface area (Å²) in [4.78, 5) is 28.8. The molecule has 1 atom stereocenters. The Hall–Kier alpha value is -3.87. The molecule has 1 aliphatic carbocycles. The number of fused-ring (bicyclic) bond motifs is 1. The van der Waals surface area contributed by atoms with Crippen LogP contribution in [0.15, 0.2) is 66.7 Å². The SMILES string of the molecule is COc1cc2c(cc1OC)[C@@H](c1ccccc1)N(C(=O)COC(=O)C1(c3cccc(F)c3)CCCC1)CC2. The van der Waals surface area contributed by atoms with Crippen LogP contribution in [0.1, 0.15) is 54.0 Å². The molecule has 1 fully saturated rings. The number of methoxy groups -OCH3 is 2. The van der Waals surface area contributed by atoms with Crippen LogP contribution in [0.4, 0.5) is 4.39 Å². The zero-order chi connectivity index (χ0) is 26.7. The average molecular weight is 518 g/mol. The lowest BCUT2D eigenvalue weighted by molar-refractivity contribution is -0.157. The molecule has 0 saturated heterocycles. The van der Waals surface area contributed by atoms with Crippen molar-refractivity contribution in [3.8, 4) is 11.5 Å². The Morgan fingerprint density at radius 2 is 1.66 bits per heavy atom. The number of halogens is 1. The van der Waals surface area contributed by atoms with E-state index < -0.39 is 11.4 Å². The fraction of sp³-hybridized carbons (Fsp3) is 0.355. The van der Waals surface area contributed by atoms with Gasteiger partial charge in [-0.15, -0.1) is 0 Å². The Kier molecular flexibility index (Phi) is 7.36. The molecule has 0 bridgehead atoms. The van der Waals surface area contributed by atoms with Gasteiger partial charge in [0.2, 0.25) is 0 Å². The van der Waals surface area contributed by atoms with Crippen molar-refractivity contribution in [2.24, 2.45) is 0 Å². The van der Waals surface area contributed by atoms with Gasteiger partial charge in [0.25, 0.3) is 5.91 Å². The summed E-state index contributed by atoms with van der Waals surface area (Å²) in [6, 6.07) is 19.5.